The molecule has 2 aliphatic heterocycles. The molecule has 0 bridgehead atoms. The number of para-hydroxylation sites is 1. The van der Waals surface area contributed by atoms with Crippen LogP contribution in [0.25, 0.3) is 10.9 Å². The Kier molecular flexibility index (Phi) is 7.22. The number of nitrogens with one attached hydrogen (secondary N) is 1. The lowest BCUT2D eigenvalue weighted by Crippen LogP contribution is -2.56. The normalized spacial score (nSPS) is 18.1. The molecular weight excluding hydrogens is 466 g/mol. The lowest BCUT2D eigenvalue weighted by atomic mass is 9.85. The van der Waals surface area contributed by atoms with Gasteiger partial charge < -0.3 is 19.5 Å². The van der Waals surface area contributed by atoms with Crippen molar-refractivity contribution in [2.45, 2.75) is 31.3 Å². The van der Waals surface area contributed by atoms with Crippen molar-refractivity contribution in [3.8, 4) is 5.75 Å². The summed E-state index contributed by atoms with van der Waals surface area (Å²) in [5.41, 5.74) is 2.69. The van der Waals surface area contributed by atoms with Crippen molar-refractivity contribution >= 4 is 22.8 Å². The highest BCUT2D eigenvalue weighted by Gasteiger charge is 2.57. The molecule has 3 heterocycles. The SMILES string of the molecule is COc1ccc(CCN2C(=O)N(CCN(C)C)C(=O)C23CCN(Cc2cc4ccccc4[nH]2)CC3)cc1. The van der Waals surface area contributed by atoms with Gasteiger partial charge in [0.15, 0.2) is 0 Å². The number of H-pyrrole nitrogens is 1. The molecule has 3 amide bonds. The highest BCUT2D eigenvalue weighted by Crippen LogP contribution is 2.38. The number of amides is 3. The van der Waals surface area contributed by atoms with E-state index in [-0.39, 0.29) is 11.9 Å². The first-order chi connectivity index (χ1) is 17.9. The summed E-state index contributed by atoms with van der Waals surface area (Å²) in [7, 11) is 5.58. The van der Waals surface area contributed by atoms with Crippen LogP contribution in [0, 0.1) is 0 Å². The van der Waals surface area contributed by atoms with E-state index >= 15 is 0 Å². The van der Waals surface area contributed by atoms with Gasteiger partial charge in [0.25, 0.3) is 5.91 Å². The fraction of sp³-hybridized carbons (Fsp3) is 0.448. The molecule has 0 saturated carbocycles. The maximum Gasteiger partial charge on any atom is 0.327 e. The number of methoxy groups -OCH3 is 1. The van der Waals surface area contributed by atoms with Crippen molar-refractivity contribution < 1.29 is 14.3 Å². The highest BCUT2D eigenvalue weighted by atomic mass is 16.5. The lowest BCUT2D eigenvalue weighted by Gasteiger charge is -2.42. The lowest BCUT2D eigenvalue weighted by molar-refractivity contribution is -0.135. The van der Waals surface area contributed by atoms with Crippen molar-refractivity contribution in [3.05, 3.63) is 65.9 Å². The first kappa shape index (κ1) is 25.3. The Bertz CT molecular complexity index is 1210. The molecule has 0 atom stereocenters. The molecular formula is C29H37N5O3. The smallest absolute Gasteiger partial charge is 0.327 e. The number of benzene rings is 2. The number of nitrogens with zero attached hydrogens (tertiary/aromatic N) is 4. The molecule has 5 rings (SSSR count). The molecule has 1 aromatic heterocycles. The third-order valence-electron chi connectivity index (χ3n) is 7.84. The average Bonchev–Trinajstić information content (AvgIpc) is 3.39. The largest absolute Gasteiger partial charge is 0.497 e. The monoisotopic (exact) mass is 503 g/mol. The molecule has 3 aromatic rings. The van der Waals surface area contributed by atoms with Gasteiger partial charge in [-0.05, 0) is 68.6 Å². The quantitative estimate of drug-likeness (QED) is 0.452. The van der Waals surface area contributed by atoms with E-state index in [1.807, 2.05) is 54.2 Å². The summed E-state index contributed by atoms with van der Waals surface area (Å²) in [5.74, 6) is 0.782. The van der Waals surface area contributed by atoms with E-state index in [4.69, 9.17) is 4.74 Å². The molecule has 196 valence electrons. The zero-order valence-corrected chi connectivity index (χ0v) is 22.1. The van der Waals surface area contributed by atoms with Gasteiger partial charge in [-0.3, -0.25) is 14.6 Å². The third kappa shape index (κ3) is 5.08. The number of carbonyl (C=O) groups is 2. The van der Waals surface area contributed by atoms with Gasteiger partial charge in [-0.15, -0.1) is 0 Å². The second-order valence-corrected chi connectivity index (χ2v) is 10.5. The van der Waals surface area contributed by atoms with Crippen LogP contribution < -0.4 is 4.74 Å². The Morgan fingerprint density at radius 1 is 1.00 bits per heavy atom. The minimum absolute atomic E-state index is 0.0284. The first-order valence-electron chi connectivity index (χ1n) is 13.1. The van der Waals surface area contributed by atoms with E-state index in [1.54, 1.807) is 7.11 Å². The van der Waals surface area contributed by atoms with Gasteiger partial charge in [0.2, 0.25) is 0 Å². The van der Waals surface area contributed by atoms with Crippen LogP contribution in [-0.4, -0.2) is 96.0 Å². The number of fused-ring (bicyclic) bond motifs is 1. The van der Waals surface area contributed by atoms with Crippen LogP contribution in [0.1, 0.15) is 24.1 Å². The summed E-state index contributed by atoms with van der Waals surface area (Å²) >= 11 is 0. The number of imide groups is 1. The van der Waals surface area contributed by atoms with Crippen LogP contribution in [0.3, 0.4) is 0 Å². The van der Waals surface area contributed by atoms with Crippen molar-refractivity contribution in [3.63, 3.8) is 0 Å². The number of carbonyl (C=O) groups excluding carboxylic acids is 2. The molecule has 2 aliphatic rings. The number of aromatic nitrogens is 1. The van der Waals surface area contributed by atoms with Crippen molar-refractivity contribution in [2.75, 3.05) is 53.9 Å². The summed E-state index contributed by atoms with van der Waals surface area (Å²) in [6.45, 7) is 3.96. The summed E-state index contributed by atoms with van der Waals surface area (Å²) in [5, 5.41) is 1.21. The molecule has 1 spiro atoms. The first-order valence-corrected chi connectivity index (χ1v) is 13.1. The predicted octanol–water partition coefficient (Wildman–Crippen LogP) is 3.58. The number of aromatic amines is 1. The third-order valence-corrected chi connectivity index (χ3v) is 7.84. The Morgan fingerprint density at radius 2 is 1.73 bits per heavy atom. The number of ether oxygens (including phenoxy) is 1. The molecule has 2 fully saturated rings. The van der Waals surface area contributed by atoms with E-state index in [9.17, 15) is 9.59 Å². The molecule has 8 nitrogen and oxygen atoms in total. The zero-order valence-electron chi connectivity index (χ0n) is 22.1. The van der Waals surface area contributed by atoms with Gasteiger partial charge >= 0.3 is 6.03 Å². The topological polar surface area (TPSA) is 72.1 Å². The minimum atomic E-state index is -0.757. The molecule has 0 radical (unpaired) electrons. The summed E-state index contributed by atoms with van der Waals surface area (Å²) in [4.78, 5) is 38.6. The number of urea groups is 1. The zero-order chi connectivity index (χ0) is 26.0. The average molecular weight is 504 g/mol. The van der Waals surface area contributed by atoms with Crippen molar-refractivity contribution in [1.29, 1.82) is 0 Å². The Balaban J connectivity index is 1.30. The van der Waals surface area contributed by atoms with E-state index < -0.39 is 5.54 Å². The van der Waals surface area contributed by atoms with Gasteiger partial charge in [-0.1, -0.05) is 30.3 Å². The Morgan fingerprint density at radius 3 is 2.41 bits per heavy atom. The maximum atomic E-state index is 13.8. The summed E-state index contributed by atoms with van der Waals surface area (Å²) in [6.07, 6.45) is 2.00. The number of rotatable bonds is 9. The Hall–Kier alpha value is -3.36. The van der Waals surface area contributed by atoms with Gasteiger partial charge in [-0.2, -0.15) is 0 Å². The minimum Gasteiger partial charge on any atom is -0.497 e. The van der Waals surface area contributed by atoms with E-state index in [1.165, 1.54) is 16.0 Å². The number of piperidine rings is 1. The number of likely N-dealkylation sites (N-methyl/N-ethyl adjacent to an activating group) is 1. The number of hydrogen-bond acceptors (Lipinski definition) is 5. The van der Waals surface area contributed by atoms with Crippen LogP contribution in [0.5, 0.6) is 5.75 Å². The van der Waals surface area contributed by atoms with Crippen LogP contribution in [0.2, 0.25) is 0 Å². The fourth-order valence-corrected chi connectivity index (χ4v) is 5.65. The highest BCUT2D eigenvalue weighted by molar-refractivity contribution is 6.07. The molecule has 0 unspecified atom stereocenters. The van der Waals surface area contributed by atoms with Crippen molar-refractivity contribution in [2.24, 2.45) is 0 Å². The molecule has 1 N–H and O–H groups in total. The number of likely N-dealkylation sites (tertiary alicyclic amines) is 1. The van der Waals surface area contributed by atoms with Gasteiger partial charge in [-0.25, -0.2) is 4.79 Å². The fourth-order valence-electron chi connectivity index (χ4n) is 5.65. The second-order valence-electron chi connectivity index (χ2n) is 10.5. The van der Waals surface area contributed by atoms with Gasteiger partial charge in [0, 0.05) is 50.5 Å². The van der Waals surface area contributed by atoms with E-state index in [0.29, 0.717) is 38.9 Å². The number of hydrogen-bond donors (Lipinski definition) is 1. The maximum absolute atomic E-state index is 13.8. The molecule has 2 aromatic carbocycles. The molecule has 8 heteroatoms. The summed E-state index contributed by atoms with van der Waals surface area (Å²) in [6, 6.07) is 18.3. The van der Waals surface area contributed by atoms with Crippen LogP contribution in [0.15, 0.2) is 54.6 Å². The molecule has 2 saturated heterocycles. The molecule has 37 heavy (non-hydrogen) atoms. The predicted molar refractivity (Wildman–Crippen MR) is 145 cm³/mol. The van der Waals surface area contributed by atoms with Crippen LogP contribution in [-0.2, 0) is 17.8 Å². The Labute approximate surface area is 218 Å². The summed E-state index contributed by atoms with van der Waals surface area (Å²) < 4.78 is 5.27. The standard InChI is InChI=1S/C29H37N5O3/c1-31(2)18-19-33-27(35)29(34(28(33)36)15-12-22-8-10-25(37-3)11-9-22)13-16-32(17-14-29)21-24-20-23-6-4-5-7-26(23)30-24/h4-11,20,30H,12-19,21H2,1-3H3. The van der Waals surface area contributed by atoms with E-state index in [0.717, 1.165) is 36.5 Å². The van der Waals surface area contributed by atoms with E-state index in [2.05, 4.69) is 34.1 Å². The van der Waals surface area contributed by atoms with Crippen molar-refractivity contribution in [1.82, 2.24) is 24.6 Å². The van der Waals surface area contributed by atoms with Crippen LogP contribution in [0.4, 0.5) is 4.79 Å². The molecule has 0 aliphatic carbocycles. The van der Waals surface area contributed by atoms with Gasteiger partial charge in [0.1, 0.15) is 11.3 Å². The van der Waals surface area contributed by atoms with Crippen LogP contribution >= 0.6 is 0 Å². The van der Waals surface area contributed by atoms with Gasteiger partial charge in [0.05, 0.1) is 7.11 Å². The second kappa shape index (κ2) is 10.6.